The summed E-state index contributed by atoms with van der Waals surface area (Å²) < 4.78 is 11.3. The van der Waals surface area contributed by atoms with Gasteiger partial charge in [-0.25, -0.2) is 4.79 Å². The highest BCUT2D eigenvalue weighted by atomic mass is 16.6. The van der Waals surface area contributed by atoms with Crippen molar-refractivity contribution >= 4 is 11.9 Å². The molecular formula is C29H45NO4. The molecule has 0 amide bonds. The van der Waals surface area contributed by atoms with Gasteiger partial charge in [0, 0.05) is 25.9 Å². The van der Waals surface area contributed by atoms with Crippen molar-refractivity contribution in [1.29, 1.82) is 0 Å². The minimum absolute atomic E-state index is 0.113. The largest absolute Gasteiger partial charge is 0.459 e. The summed E-state index contributed by atoms with van der Waals surface area (Å²) in [5.41, 5.74) is 0.906. The molecule has 1 heterocycles. The van der Waals surface area contributed by atoms with Crippen LogP contribution in [0.5, 0.6) is 0 Å². The summed E-state index contributed by atoms with van der Waals surface area (Å²) in [6, 6.07) is 0.737. The fraction of sp³-hybridized carbons (Fsp3) is 0.862. The van der Waals surface area contributed by atoms with Gasteiger partial charge < -0.3 is 14.4 Å². The van der Waals surface area contributed by atoms with Gasteiger partial charge in [0.25, 0.3) is 0 Å². The Morgan fingerprint density at radius 2 is 1.91 bits per heavy atom. The highest BCUT2D eigenvalue weighted by Crippen LogP contribution is 2.66. The predicted octanol–water partition coefficient (Wildman–Crippen LogP) is 5.38. The van der Waals surface area contributed by atoms with Gasteiger partial charge in [-0.2, -0.15) is 0 Å². The van der Waals surface area contributed by atoms with Crippen LogP contribution in [0.2, 0.25) is 0 Å². The van der Waals surface area contributed by atoms with E-state index in [4.69, 9.17) is 9.47 Å². The molecule has 0 N–H and O–H groups in total. The first kappa shape index (κ1) is 24.3. The van der Waals surface area contributed by atoms with Crippen molar-refractivity contribution < 1.29 is 19.1 Å². The summed E-state index contributed by atoms with van der Waals surface area (Å²) in [7, 11) is 2.34. The third-order valence-corrected chi connectivity index (χ3v) is 11.1. The van der Waals surface area contributed by atoms with E-state index in [2.05, 4.69) is 31.9 Å². The van der Waals surface area contributed by atoms with Gasteiger partial charge in [-0.3, -0.25) is 4.79 Å². The van der Waals surface area contributed by atoms with Crippen molar-refractivity contribution in [2.45, 2.75) is 104 Å². The molecule has 5 heteroatoms. The molecule has 0 bridgehead atoms. The van der Waals surface area contributed by atoms with Crippen LogP contribution in [0.1, 0.15) is 86.0 Å². The maximum absolute atomic E-state index is 13.0. The Hall–Kier alpha value is -1.36. The number of allylic oxidation sites excluding steroid dienone is 1. The Labute approximate surface area is 206 Å². The first-order chi connectivity index (χ1) is 16.1. The van der Waals surface area contributed by atoms with Crippen LogP contribution in [0.4, 0.5) is 0 Å². The van der Waals surface area contributed by atoms with Crippen molar-refractivity contribution in [2.24, 2.45) is 40.9 Å². The Kier molecular flexibility index (Phi) is 6.18. The molecule has 4 fully saturated rings. The van der Waals surface area contributed by atoms with E-state index in [0.717, 1.165) is 42.6 Å². The van der Waals surface area contributed by atoms with E-state index < -0.39 is 17.5 Å². The second-order valence-electron chi connectivity index (χ2n) is 12.7. The Morgan fingerprint density at radius 3 is 2.62 bits per heavy atom. The van der Waals surface area contributed by atoms with E-state index in [-0.39, 0.29) is 6.10 Å². The average Bonchev–Trinajstić information content (AvgIpc) is 3.26. The van der Waals surface area contributed by atoms with Gasteiger partial charge in [0.1, 0.15) is 6.10 Å². The minimum Gasteiger partial charge on any atom is -0.459 e. The monoisotopic (exact) mass is 471 g/mol. The lowest BCUT2D eigenvalue weighted by Crippen LogP contribution is -2.50. The topological polar surface area (TPSA) is 55.8 Å². The molecule has 34 heavy (non-hydrogen) atoms. The van der Waals surface area contributed by atoms with Crippen molar-refractivity contribution in [3.8, 4) is 0 Å². The molecule has 0 radical (unpaired) electrons. The second-order valence-corrected chi connectivity index (χ2v) is 12.7. The number of carbonyl (C=O) groups excluding carboxylic acids is 2. The Bertz CT molecular complexity index is 868. The molecule has 4 aliphatic carbocycles. The third-order valence-electron chi connectivity index (χ3n) is 11.1. The van der Waals surface area contributed by atoms with Crippen LogP contribution < -0.4 is 0 Å². The van der Waals surface area contributed by atoms with Gasteiger partial charge in [-0.05, 0) is 107 Å². The van der Waals surface area contributed by atoms with Crippen molar-refractivity contribution in [3.63, 3.8) is 0 Å². The number of hydrogen-bond acceptors (Lipinski definition) is 5. The molecule has 5 aliphatic rings. The van der Waals surface area contributed by atoms with Crippen molar-refractivity contribution in [3.05, 3.63) is 11.6 Å². The predicted molar refractivity (Wildman–Crippen MR) is 132 cm³/mol. The first-order valence-electron chi connectivity index (χ1n) is 13.9. The van der Waals surface area contributed by atoms with Gasteiger partial charge in [0.2, 0.25) is 5.60 Å². The zero-order valence-electron chi connectivity index (χ0n) is 22.1. The lowest BCUT2D eigenvalue weighted by molar-refractivity contribution is -0.185. The maximum Gasteiger partial charge on any atom is 0.350 e. The summed E-state index contributed by atoms with van der Waals surface area (Å²) in [5.74, 6) is 3.74. The number of esters is 2. The summed E-state index contributed by atoms with van der Waals surface area (Å²) in [6.07, 6.45) is 11.5. The molecular weight excluding hydrogens is 426 g/mol. The molecule has 0 aromatic carbocycles. The molecule has 10 atom stereocenters. The first-order valence-corrected chi connectivity index (χ1v) is 13.9. The summed E-state index contributed by atoms with van der Waals surface area (Å²) in [5, 5.41) is 0. The van der Waals surface area contributed by atoms with E-state index >= 15 is 0 Å². The summed E-state index contributed by atoms with van der Waals surface area (Å²) in [4.78, 5) is 27.1. The number of nitrogens with zero attached hydrogens (tertiary/aromatic N) is 1. The second kappa shape index (κ2) is 8.64. The number of rotatable bonds is 4. The van der Waals surface area contributed by atoms with Crippen LogP contribution in [-0.2, 0) is 19.1 Å². The number of carbonyl (C=O) groups is 2. The molecule has 5 nitrogen and oxygen atoms in total. The molecule has 1 spiro atoms. The van der Waals surface area contributed by atoms with E-state index in [1.165, 1.54) is 51.1 Å². The minimum atomic E-state index is -1.19. The standard InChI is InChI=1S/C29H45NO4/c1-7-28(5,34-19(4)31)27(32)33-21-14-17(2)26-20(15-21)8-9-22-23(26)12-13-29-16-30(6)18(3)24(29)10-11-25(22)29/h8,17-18,21-26H,7,9-16H2,1-6H3/t17-,18?,21?,22?,23?,24?,25?,26?,28?,29?/m1/s1. The van der Waals surface area contributed by atoms with Crippen LogP contribution >= 0.6 is 0 Å². The van der Waals surface area contributed by atoms with E-state index in [0.29, 0.717) is 23.7 Å². The number of fused-ring (bicyclic) bond motifs is 4. The Balaban J connectivity index is 1.31. The molecule has 3 saturated carbocycles. The van der Waals surface area contributed by atoms with E-state index in [1.54, 1.807) is 6.92 Å². The normalized spacial score (nSPS) is 45.2. The maximum atomic E-state index is 13.0. The van der Waals surface area contributed by atoms with Gasteiger partial charge in [-0.1, -0.05) is 25.5 Å². The molecule has 5 rings (SSSR count). The van der Waals surface area contributed by atoms with Crippen LogP contribution in [0.25, 0.3) is 0 Å². The molecule has 9 unspecified atom stereocenters. The van der Waals surface area contributed by atoms with Crippen LogP contribution in [0.15, 0.2) is 11.6 Å². The molecule has 0 aromatic rings. The highest BCUT2D eigenvalue weighted by molar-refractivity contribution is 5.82. The number of ether oxygens (including phenoxy) is 2. The van der Waals surface area contributed by atoms with Crippen molar-refractivity contribution in [1.82, 2.24) is 4.90 Å². The zero-order chi connectivity index (χ0) is 24.4. The Morgan fingerprint density at radius 1 is 1.18 bits per heavy atom. The summed E-state index contributed by atoms with van der Waals surface area (Å²) in [6.45, 7) is 11.0. The molecule has 190 valence electrons. The summed E-state index contributed by atoms with van der Waals surface area (Å²) >= 11 is 0. The molecule has 1 saturated heterocycles. The van der Waals surface area contributed by atoms with Crippen LogP contribution in [0, 0.1) is 40.9 Å². The van der Waals surface area contributed by atoms with Gasteiger partial charge >= 0.3 is 11.9 Å². The van der Waals surface area contributed by atoms with Gasteiger partial charge in [-0.15, -0.1) is 0 Å². The van der Waals surface area contributed by atoms with Crippen LogP contribution in [0.3, 0.4) is 0 Å². The smallest absolute Gasteiger partial charge is 0.350 e. The van der Waals surface area contributed by atoms with Gasteiger partial charge in [0.05, 0.1) is 0 Å². The third kappa shape index (κ3) is 3.67. The van der Waals surface area contributed by atoms with Crippen LogP contribution in [-0.4, -0.2) is 48.2 Å². The highest BCUT2D eigenvalue weighted by Gasteiger charge is 2.62. The number of hydrogen-bond donors (Lipinski definition) is 0. The fourth-order valence-electron chi connectivity index (χ4n) is 9.46. The average molecular weight is 472 g/mol. The zero-order valence-corrected chi connectivity index (χ0v) is 22.1. The van der Waals surface area contributed by atoms with E-state index in [9.17, 15) is 9.59 Å². The fourth-order valence-corrected chi connectivity index (χ4v) is 9.46. The quantitative estimate of drug-likeness (QED) is 0.407. The van der Waals surface area contributed by atoms with Crippen molar-refractivity contribution in [2.75, 3.05) is 13.6 Å². The lowest BCUT2D eigenvalue weighted by atomic mass is 9.50. The molecule has 0 aromatic heterocycles. The van der Waals surface area contributed by atoms with E-state index in [1.807, 2.05) is 6.92 Å². The van der Waals surface area contributed by atoms with Gasteiger partial charge in [0.15, 0.2) is 0 Å². The molecule has 1 aliphatic heterocycles. The number of likely N-dealkylation sites (tertiary alicyclic amines) is 1. The SMILES string of the molecule is CCC(C)(OC(C)=O)C(=O)OC1CC2=CCC3C(CCC45CN(C)C(C)C4CCC35)C2[C@H](C)C1. The lowest BCUT2D eigenvalue weighted by Gasteiger charge is -2.55.